The van der Waals surface area contributed by atoms with Gasteiger partial charge in [0.15, 0.2) is 11.5 Å². The van der Waals surface area contributed by atoms with Gasteiger partial charge in [-0.1, -0.05) is 45.0 Å². The van der Waals surface area contributed by atoms with Crippen LogP contribution in [0.1, 0.15) is 42.3 Å². The highest BCUT2D eigenvalue weighted by atomic mass is 16.5. The van der Waals surface area contributed by atoms with E-state index in [0.29, 0.717) is 17.2 Å². The monoisotopic (exact) mass is 358 g/mol. The summed E-state index contributed by atoms with van der Waals surface area (Å²) in [5.41, 5.74) is 2.53. The fourth-order valence-electron chi connectivity index (χ4n) is 2.52. The number of rotatable bonds is 6. The maximum absolute atomic E-state index is 12.5. The molecule has 0 aliphatic carbocycles. The molecule has 0 aliphatic rings. The van der Waals surface area contributed by atoms with Gasteiger partial charge in [0.1, 0.15) is 17.9 Å². The van der Waals surface area contributed by atoms with Crippen molar-refractivity contribution in [2.24, 2.45) is 0 Å². The molecule has 5 heteroatoms. The summed E-state index contributed by atoms with van der Waals surface area (Å²) in [6, 6.07) is 11.2. The number of ether oxygens (including phenoxy) is 4. The van der Waals surface area contributed by atoms with E-state index >= 15 is 0 Å². The van der Waals surface area contributed by atoms with Crippen LogP contribution in [-0.2, 0) is 16.8 Å². The largest absolute Gasteiger partial charge is 0.496 e. The number of methoxy groups -OCH3 is 3. The van der Waals surface area contributed by atoms with Crippen LogP contribution < -0.4 is 14.2 Å². The Kier molecular flexibility index (Phi) is 6.14. The maximum atomic E-state index is 12.5. The predicted octanol–water partition coefficient (Wildman–Crippen LogP) is 4.37. The minimum Gasteiger partial charge on any atom is -0.496 e. The topological polar surface area (TPSA) is 54.0 Å². The van der Waals surface area contributed by atoms with Crippen LogP contribution in [0.2, 0.25) is 0 Å². The van der Waals surface area contributed by atoms with Crippen LogP contribution in [-0.4, -0.2) is 27.3 Å². The molecule has 0 N–H and O–H groups in total. The van der Waals surface area contributed by atoms with Crippen molar-refractivity contribution in [2.45, 2.75) is 32.8 Å². The molecule has 5 nitrogen and oxygen atoms in total. The number of hydrogen-bond donors (Lipinski definition) is 0. The Morgan fingerprint density at radius 2 is 1.38 bits per heavy atom. The van der Waals surface area contributed by atoms with Gasteiger partial charge < -0.3 is 18.9 Å². The van der Waals surface area contributed by atoms with Gasteiger partial charge >= 0.3 is 5.97 Å². The highest BCUT2D eigenvalue weighted by Gasteiger charge is 2.19. The molecule has 0 radical (unpaired) electrons. The van der Waals surface area contributed by atoms with Crippen molar-refractivity contribution in [3.8, 4) is 17.2 Å². The summed E-state index contributed by atoms with van der Waals surface area (Å²) >= 11 is 0. The van der Waals surface area contributed by atoms with E-state index in [0.717, 1.165) is 5.56 Å². The molecule has 0 heterocycles. The standard InChI is InChI=1S/C21H26O5/c1-21(2,3)15-9-7-14(8-10-15)13-26-20(22)16-11-18(24-5)19(25-6)12-17(16)23-4/h7-12H,13H2,1-6H3. The first-order valence-electron chi connectivity index (χ1n) is 8.36. The van der Waals surface area contributed by atoms with Crippen LogP contribution >= 0.6 is 0 Å². The summed E-state index contributed by atoms with van der Waals surface area (Å²) in [6.07, 6.45) is 0. The van der Waals surface area contributed by atoms with Gasteiger partial charge in [-0.2, -0.15) is 0 Å². The summed E-state index contributed by atoms with van der Waals surface area (Å²) in [5.74, 6) is 0.812. The Balaban J connectivity index is 2.15. The normalized spacial score (nSPS) is 11.0. The molecule has 0 bridgehead atoms. The second-order valence-electron chi connectivity index (χ2n) is 6.93. The highest BCUT2D eigenvalue weighted by Crippen LogP contribution is 2.35. The second kappa shape index (κ2) is 8.13. The lowest BCUT2D eigenvalue weighted by Crippen LogP contribution is -2.11. The van der Waals surface area contributed by atoms with E-state index in [2.05, 4.69) is 32.9 Å². The molecule has 0 atom stereocenters. The quantitative estimate of drug-likeness (QED) is 0.718. The van der Waals surface area contributed by atoms with Crippen molar-refractivity contribution in [1.29, 1.82) is 0 Å². The number of hydrogen-bond acceptors (Lipinski definition) is 5. The predicted molar refractivity (Wildman–Crippen MR) is 100 cm³/mol. The Labute approximate surface area is 154 Å². The first kappa shape index (κ1) is 19.6. The molecule has 0 saturated carbocycles. The number of esters is 1. The van der Waals surface area contributed by atoms with Crippen molar-refractivity contribution in [2.75, 3.05) is 21.3 Å². The Morgan fingerprint density at radius 3 is 1.88 bits per heavy atom. The molecule has 140 valence electrons. The zero-order chi connectivity index (χ0) is 19.3. The molecule has 0 aromatic heterocycles. The smallest absolute Gasteiger partial charge is 0.342 e. The molecule has 0 saturated heterocycles. The van der Waals surface area contributed by atoms with Crippen LogP contribution in [0.4, 0.5) is 0 Å². The molecule has 0 amide bonds. The first-order valence-corrected chi connectivity index (χ1v) is 8.36. The molecule has 0 fully saturated rings. The second-order valence-corrected chi connectivity index (χ2v) is 6.93. The van der Waals surface area contributed by atoms with Gasteiger partial charge in [0.2, 0.25) is 0 Å². The summed E-state index contributed by atoms with van der Waals surface area (Å²) in [6.45, 7) is 6.66. The van der Waals surface area contributed by atoms with Crippen LogP contribution in [0.25, 0.3) is 0 Å². The minimum absolute atomic E-state index is 0.0855. The van der Waals surface area contributed by atoms with Gasteiger partial charge in [0.25, 0.3) is 0 Å². The van der Waals surface area contributed by atoms with Crippen LogP contribution in [0.3, 0.4) is 0 Å². The van der Waals surface area contributed by atoms with Crippen LogP contribution in [0.5, 0.6) is 17.2 Å². The van der Waals surface area contributed by atoms with Crippen LogP contribution in [0.15, 0.2) is 36.4 Å². The first-order chi connectivity index (χ1) is 12.3. The van der Waals surface area contributed by atoms with E-state index in [9.17, 15) is 4.79 Å². The Morgan fingerprint density at radius 1 is 0.846 bits per heavy atom. The average molecular weight is 358 g/mol. The van der Waals surface area contributed by atoms with Gasteiger partial charge in [-0.15, -0.1) is 0 Å². The van der Waals surface area contributed by atoms with Gasteiger partial charge in [-0.3, -0.25) is 0 Å². The third-order valence-electron chi connectivity index (χ3n) is 4.12. The number of benzene rings is 2. The number of carbonyl (C=O) groups excluding carboxylic acids is 1. The highest BCUT2D eigenvalue weighted by molar-refractivity contribution is 5.93. The van der Waals surface area contributed by atoms with E-state index < -0.39 is 5.97 Å². The van der Waals surface area contributed by atoms with Gasteiger partial charge in [0, 0.05) is 12.1 Å². The Hall–Kier alpha value is -2.69. The molecule has 2 aromatic rings. The third-order valence-corrected chi connectivity index (χ3v) is 4.12. The molecule has 0 aliphatic heterocycles. The number of carbonyl (C=O) groups is 1. The third kappa shape index (κ3) is 4.48. The average Bonchev–Trinajstić information content (AvgIpc) is 2.64. The molecular weight excluding hydrogens is 332 g/mol. The molecule has 0 unspecified atom stereocenters. The zero-order valence-electron chi connectivity index (χ0n) is 16.2. The minimum atomic E-state index is -0.484. The van der Waals surface area contributed by atoms with E-state index in [1.165, 1.54) is 26.9 Å². The van der Waals surface area contributed by atoms with E-state index in [1.54, 1.807) is 12.1 Å². The van der Waals surface area contributed by atoms with E-state index in [1.807, 2.05) is 12.1 Å². The lowest BCUT2D eigenvalue weighted by molar-refractivity contribution is 0.0468. The maximum Gasteiger partial charge on any atom is 0.342 e. The molecule has 26 heavy (non-hydrogen) atoms. The fraction of sp³-hybridized carbons (Fsp3) is 0.381. The van der Waals surface area contributed by atoms with Crippen molar-refractivity contribution in [1.82, 2.24) is 0 Å². The summed E-state index contributed by atoms with van der Waals surface area (Å²) in [7, 11) is 4.52. The summed E-state index contributed by atoms with van der Waals surface area (Å²) in [5, 5.41) is 0. The summed E-state index contributed by atoms with van der Waals surface area (Å²) in [4.78, 5) is 12.5. The van der Waals surface area contributed by atoms with Gasteiger partial charge in [0.05, 0.1) is 21.3 Å². The molecule has 2 aromatic carbocycles. The molecular formula is C21H26O5. The van der Waals surface area contributed by atoms with Crippen molar-refractivity contribution >= 4 is 5.97 Å². The summed E-state index contributed by atoms with van der Waals surface area (Å²) < 4.78 is 21.2. The van der Waals surface area contributed by atoms with Crippen molar-refractivity contribution in [3.63, 3.8) is 0 Å². The van der Waals surface area contributed by atoms with Gasteiger partial charge in [-0.05, 0) is 16.5 Å². The Bertz CT molecular complexity index is 757. The SMILES string of the molecule is COc1cc(OC)c(C(=O)OCc2ccc(C(C)(C)C)cc2)cc1OC. The van der Waals surface area contributed by atoms with Crippen molar-refractivity contribution < 1.29 is 23.7 Å². The molecule has 2 rings (SSSR count). The lowest BCUT2D eigenvalue weighted by atomic mass is 9.87. The van der Waals surface area contributed by atoms with Crippen LogP contribution in [0, 0.1) is 0 Å². The van der Waals surface area contributed by atoms with E-state index in [-0.39, 0.29) is 17.6 Å². The van der Waals surface area contributed by atoms with Crippen molar-refractivity contribution in [3.05, 3.63) is 53.1 Å². The fourth-order valence-corrected chi connectivity index (χ4v) is 2.52. The lowest BCUT2D eigenvalue weighted by Gasteiger charge is -2.19. The van der Waals surface area contributed by atoms with E-state index in [4.69, 9.17) is 18.9 Å². The zero-order valence-corrected chi connectivity index (χ0v) is 16.2. The van der Waals surface area contributed by atoms with Gasteiger partial charge in [-0.25, -0.2) is 4.79 Å². The molecule has 0 spiro atoms.